The highest BCUT2D eigenvalue weighted by Crippen LogP contribution is 2.43. The lowest BCUT2D eigenvalue weighted by Gasteiger charge is -2.24. The Balaban J connectivity index is 2.07. The monoisotopic (exact) mass is 304 g/mol. The first kappa shape index (κ1) is 15.7. The Kier molecular flexibility index (Phi) is 5.51. The van der Waals surface area contributed by atoms with E-state index in [4.69, 9.17) is 22.6 Å². The van der Waals surface area contributed by atoms with Crippen LogP contribution in [-0.4, -0.2) is 19.6 Å². The van der Waals surface area contributed by atoms with E-state index in [2.05, 4.69) is 5.32 Å². The molecule has 0 heterocycles. The zero-order chi connectivity index (χ0) is 15.2. The fourth-order valence-electron chi connectivity index (χ4n) is 3.00. The van der Waals surface area contributed by atoms with Crippen molar-refractivity contribution in [1.82, 2.24) is 5.32 Å². The molecule has 4 nitrogen and oxygen atoms in total. The molecule has 1 aliphatic rings. The SMILES string of the molecule is COc1ccc(C(S)[C@H]2CCC[C@@H]2C(=O)NCC#N)cc1. The number of hydrogen-bond donors (Lipinski definition) is 2. The van der Waals surface area contributed by atoms with Gasteiger partial charge in [0.25, 0.3) is 0 Å². The van der Waals surface area contributed by atoms with Gasteiger partial charge in [-0.3, -0.25) is 4.79 Å². The van der Waals surface area contributed by atoms with Crippen molar-refractivity contribution in [3.63, 3.8) is 0 Å². The van der Waals surface area contributed by atoms with Crippen molar-refractivity contribution < 1.29 is 9.53 Å². The van der Waals surface area contributed by atoms with Gasteiger partial charge in [-0.05, 0) is 36.5 Å². The molecular formula is C16H20N2O2S. The summed E-state index contributed by atoms with van der Waals surface area (Å²) < 4.78 is 5.16. The third-order valence-corrected chi connectivity index (χ3v) is 4.79. The minimum atomic E-state index is -0.0528. The van der Waals surface area contributed by atoms with Crippen molar-refractivity contribution in [2.45, 2.75) is 24.5 Å². The van der Waals surface area contributed by atoms with Crippen LogP contribution in [0.5, 0.6) is 5.75 Å². The van der Waals surface area contributed by atoms with Gasteiger partial charge in [0.2, 0.25) is 5.91 Å². The van der Waals surface area contributed by atoms with Gasteiger partial charge < -0.3 is 10.1 Å². The molecule has 0 saturated heterocycles. The van der Waals surface area contributed by atoms with Crippen LogP contribution in [0.2, 0.25) is 0 Å². The molecule has 3 atom stereocenters. The molecule has 0 spiro atoms. The van der Waals surface area contributed by atoms with Gasteiger partial charge in [-0.15, -0.1) is 0 Å². The van der Waals surface area contributed by atoms with E-state index in [0.29, 0.717) is 0 Å². The number of methoxy groups -OCH3 is 1. The summed E-state index contributed by atoms with van der Waals surface area (Å²) in [6.07, 6.45) is 2.89. The van der Waals surface area contributed by atoms with E-state index in [9.17, 15) is 4.79 Å². The van der Waals surface area contributed by atoms with E-state index in [1.807, 2.05) is 30.3 Å². The first-order valence-electron chi connectivity index (χ1n) is 7.14. The van der Waals surface area contributed by atoms with Crippen molar-refractivity contribution in [3.05, 3.63) is 29.8 Å². The van der Waals surface area contributed by atoms with Gasteiger partial charge in [0, 0.05) is 11.2 Å². The summed E-state index contributed by atoms with van der Waals surface area (Å²) in [5.74, 6) is 0.948. The smallest absolute Gasteiger partial charge is 0.224 e. The average molecular weight is 304 g/mol. The van der Waals surface area contributed by atoms with Crippen LogP contribution < -0.4 is 10.1 Å². The summed E-state index contributed by atoms with van der Waals surface area (Å²) in [4.78, 5) is 12.1. The first-order valence-corrected chi connectivity index (χ1v) is 7.65. The van der Waals surface area contributed by atoms with Crippen LogP contribution in [0.15, 0.2) is 24.3 Å². The number of carbonyl (C=O) groups is 1. The molecule has 5 heteroatoms. The molecule has 1 N–H and O–H groups in total. The van der Waals surface area contributed by atoms with Crippen LogP contribution in [0, 0.1) is 23.2 Å². The highest BCUT2D eigenvalue weighted by molar-refractivity contribution is 7.80. The Morgan fingerprint density at radius 1 is 1.48 bits per heavy atom. The van der Waals surface area contributed by atoms with Gasteiger partial charge in [0.1, 0.15) is 12.3 Å². The standard InChI is InChI=1S/C16H20N2O2S/c1-20-12-7-5-11(6-8-12)15(21)13-3-2-4-14(13)16(19)18-10-9-17/h5-8,13-15,21H,2-4,10H2,1H3,(H,18,19)/t13-,14-,15?/m0/s1. The predicted octanol–water partition coefficient (Wildman–Crippen LogP) is 2.72. The molecule has 1 fully saturated rings. The van der Waals surface area contributed by atoms with Crippen molar-refractivity contribution >= 4 is 18.5 Å². The third-order valence-electron chi connectivity index (χ3n) is 4.11. The normalized spacial score (nSPS) is 22.3. The summed E-state index contributed by atoms with van der Waals surface area (Å²) in [6.45, 7) is 0.0713. The molecule has 0 aromatic heterocycles. The van der Waals surface area contributed by atoms with Crippen LogP contribution in [0.4, 0.5) is 0 Å². The van der Waals surface area contributed by atoms with Gasteiger partial charge in [-0.1, -0.05) is 18.6 Å². The predicted molar refractivity (Wildman–Crippen MR) is 84.2 cm³/mol. The molecule has 21 heavy (non-hydrogen) atoms. The van der Waals surface area contributed by atoms with E-state index in [1.165, 1.54) is 0 Å². The van der Waals surface area contributed by atoms with Gasteiger partial charge in [0.05, 0.1) is 13.2 Å². The number of nitriles is 1. The zero-order valence-electron chi connectivity index (χ0n) is 12.1. The number of ether oxygens (including phenoxy) is 1. The van der Waals surface area contributed by atoms with E-state index in [1.54, 1.807) is 7.11 Å². The number of thiol groups is 1. The van der Waals surface area contributed by atoms with Crippen LogP contribution >= 0.6 is 12.6 Å². The largest absolute Gasteiger partial charge is 0.497 e. The molecule has 112 valence electrons. The van der Waals surface area contributed by atoms with Crippen LogP contribution in [0.3, 0.4) is 0 Å². The van der Waals surface area contributed by atoms with Crippen molar-refractivity contribution in [3.8, 4) is 11.8 Å². The number of nitrogens with zero attached hydrogens (tertiary/aromatic N) is 1. The number of carbonyl (C=O) groups excluding carboxylic acids is 1. The fourth-order valence-corrected chi connectivity index (χ4v) is 3.53. The summed E-state index contributed by atoms with van der Waals surface area (Å²) in [5, 5.41) is 11.3. The average Bonchev–Trinajstić information content (AvgIpc) is 3.01. The summed E-state index contributed by atoms with van der Waals surface area (Å²) >= 11 is 4.74. The van der Waals surface area contributed by atoms with Crippen molar-refractivity contribution in [2.24, 2.45) is 11.8 Å². The van der Waals surface area contributed by atoms with Crippen molar-refractivity contribution in [2.75, 3.05) is 13.7 Å². The second-order valence-corrected chi connectivity index (χ2v) is 5.85. The van der Waals surface area contributed by atoms with Crippen LogP contribution in [-0.2, 0) is 4.79 Å². The molecule has 1 aliphatic carbocycles. The van der Waals surface area contributed by atoms with E-state index in [0.717, 1.165) is 30.6 Å². The maximum absolute atomic E-state index is 12.1. The molecule has 0 radical (unpaired) electrons. The number of amides is 1. The molecule has 1 unspecified atom stereocenters. The van der Waals surface area contributed by atoms with Gasteiger partial charge in [0.15, 0.2) is 0 Å². The molecule has 2 rings (SSSR count). The van der Waals surface area contributed by atoms with Gasteiger partial charge in [-0.2, -0.15) is 17.9 Å². The summed E-state index contributed by atoms with van der Waals surface area (Å²) in [5.41, 5.74) is 1.10. The van der Waals surface area contributed by atoms with E-state index in [-0.39, 0.29) is 29.5 Å². The molecule has 1 aromatic carbocycles. The summed E-state index contributed by atoms with van der Waals surface area (Å²) in [7, 11) is 1.64. The Morgan fingerprint density at radius 3 is 2.81 bits per heavy atom. The van der Waals surface area contributed by atoms with E-state index < -0.39 is 0 Å². The lowest BCUT2D eigenvalue weighted by atomic mass is 9.88. The second kappa shape index (κ2) is 7.37. The number of nitrogens with one attached hydrogen (secondary N) is 1. The Bertz CT molecular complexity index is 524. The lowest BCUT2D eigenvalue weighted by Crippen LogP contribution is -2.34. The minimum Gasteiger partial charge on any atom is -0.497 e. The minimum absolute atomic E-state index is 0.0217. The lowest BCUT2D eigenvalue weighted by molar-refractivity contribution is -0.125. The topological polar surface area (TPSA) is 62.1 Å². The van der Waals surface area contributed by atoms with Crippen LogP contribution in [0.1, 0.15) is 30.1 Å². The Labute approximate surface area is 130 Å². The quantitative estimate of drug-likeness (QED) is 0.649. The molecule has 1 amide bonds. The highest BCUT2D eigenvalue weighted by Gasteiger charge is 2.37. The summed E-state index contributed by atoms with van der Waals surface area (Å²) in [6, 6.07) is 9.77. The van der Waals surface area contributed by atoms with E-state index >= 15 is 0 Å². The second-order valence-electron chi connectivity index (χ2n) is 5.30. The maximum atomic E-state index is 12.1. The van der Waals surface area contributed by atoms with Crippen molar-refractivity contribution in [1.29, 1.82) is 5.26 Å². The van der Waals surface area contributed by atoms with Gasteiger partial charge >= 0.3 is 0 Å². The number of hydrogen-bond acceptors (Lipinski definition) is 4. The Morgan fingerprint density at radius 2 is 2.19 bits per heavy atom. The highest BCUT2D eigenvalue weighted by atomic mass is 32.1. The Hall–Kier alpha value is -1.67. The zero-order valence-corrected chi connectivity index (χ0v) is 13.0. The fraction of sp³-hybridized carbons (Fsp3) is 0.500. The molecule has 1 saturated carbocycles. The first-order chi connectivity index (χ1) is 10.2. The third kappa shape index (κ3) is 3.70. The number of rotatable bonds is 5. The molecule has 0 bridgehead atoms. The van der Waals surface area contributed by atoms with Crippen LogP contribution in [0.25, 0.3) is 0 Å². The molecule has 1 aromatic rings. The maximum Gasteiger partial charge on any atom is 0.224 e. The molecular weight excluding hydrogens is 284 g/mol. The molecule has 0 aliphatic heterocycles. The number of benzene rings is 1. The van der Waals surface area contributed by atoms with Gasteiger partial charge in [-0.25, -0.2) is 0 Å².